The highest BCUT2D eigenvalue weighted by Gasteiger charge is 2.22. The van der Waals surface area contributed by atoms with Crippen LogP contribution in [0, 0.1) is 0 Å². The van der Waals surface area contributed by atoms with E-state index in [1.54, 1.807) is 7.11 Å². The highest BCUT2D eigenvalue weighted by Crippen LogP contribution is 2.21. The van der Waals surface area contributed by atoms with E-state index in [4.69, 9.17) is 16.3 Å². The van der Waals surface area contributed by atoms with Crippen LogP contribution in [0.25, 0.3) is 0 Å². The highest BCUT2D eigenvalue weighted by atomic mass is 35.5. The van der Waals surface area contributed by atoms with Crippen LogP contribution in [-0.2, 0) is 11.2 Å². The van der Waals surface area contributed by atoms with Gasteiger partial charge in [-0.15, -0.1) is 0 Å². The topological polar surface area (TPSA) is 21.3 Å². The van der Waals surface area contributed by atoms with E-state index >= 15 is 0 Å². The van der Waals surface area contributed by atoms with Crippen LogP contribution < -0.4 is 5.32 Å². The van der Waals surface area contributed by atoms with E-state index in [0.717, 1.165) is 17.9 Å². The van der Waals surface area contributed by atoms with Gasteiger partial charge in [-0.25, -0.2) is 0 Å². The van der Waals surface area contributed by atoms with Crippen molar-refractivity contribution in [1.29, 1.82) is 0 Å². The normalized spacial score (nSPS) is 13.7. The summed E-state index contributed by atoms with van der Waals surface area (Å²) in [5.74, 6) is 0. The molecule has 0 saturated carbocycles. The van der Waals surface area contributed by atoms with Crippen LogP contribution in [0.2, 0.25) is 5.02 Å². The van der Waals surface area contributed by atoms with Crippen LogP contribution in [0.3, 0.4) is 0 Å². The number of benzene rings is 1. The van der Waals surface area contributed by atoms with Gasteiger partial charge in [0.15, 0.2) is 0 Å². The van der Waals surface area contributed by atoms with Gasteiger partial charge in [-0.3, -0.25) is 0 Å². The van der Waals surface area contributed by atoms with E-state index in [0.29, 0.717) is 6.04 Å². The maximum Gasteiger partial charge on any atom is 0.0637 e. The van der Waals surface area contributed by atoms with E-state index in [-0.39, 0.29) is 5.60 Å². The number of hydrogen-bond donors (Lipinski definition) is 1. The summed E-state index contributed by atoms with van der Waals surface area (Å²) in [4.78, 5) is 0. The zero-order valence-electron chi connectivity index (χ0n) is 11.1. The molecule has 0 aliphatic carbocycles. The third kappa shape index (κ3) is 4.66. The van der Waals surface area contributed by atoms with Crippen molar-refractivity contribution >= 4 is 11.6 Å². The molecule has 1 N–H and O–H groups in total. The molecule has 1 atom stereocenters. The van der Waals surface area contributed by atoms with Crippen molar-refractivity contribution in [3.8, 4) is 0 Å². The van der Waals surface area contributed by atoms with Crippen LogP contribution in [-0.4, -0.2) is 25.8 Å². The molecule has 1 aromatic rings. The van der Waals surface area contributed by atoms with Gasteiger partial charge in [0.2, 0.25) is 0 Å². The number of methoxy groups -OCH3 is 1. The van der Waals surface area contributed by atoms with E-state index in [2.05, 4.69) is 25.2 Å². The molecular formula is C14H22ClNO. The van der Waals surface area contributed by atoms with Gasteiger partial charge in [-0.1, -0.05) is 29.8 Å². The maximum absolute atomic E-state index is 6.17. The minimum atomic E-state index is -0.116. The summed E-state index contributed by atoms with van der Waals surface area (Å²) in [6, 6.07) is 8.36. The zero-order valence-corrected chi connectivity index (χ0v) is 11.8. The summed E-state index contributed by atoms with van der Waals surface area (Å²) in [5, 5.41) is 4.17. The van der Waals surface area contributed by atoms with Gasteiger partial charge < -0.3 is 10.1 Å². The summed E-state index contributed by atoms with van der Waals surface area (Å²) >= 11 is 6.17. The Balaban J connectivity index is 2.68. The number of likely N-dealkylation sites (N-methyl/N-ethyl adjacent to an activating group) is 1. The second-order valence-corrected chi connectivity index (χ2v) is 5.36. The molecular weight excluding hydrogens is 234 g/mol. The number of hydrogen-bond acceptors (Lipinski definition) is 2. The molecule has 0 aliphatic heterocycles. The monoisotopic (exact) mass is 255 g/mol. The molecule has 0 fully saturated rings. The van der Waals surface area contributed by atoms with Gasteiger partial charge in [0.25, 0.3) is 0 Å². The van der Waals surface area contributed by atoms with Crippen LogP contribution in [0.5, 0.6) is 0 Å². The van der Waals surface area contributed by atoms with Gasteiger partial charge in [-0.05, 0) is 45.4 Å². The molecule has 1 unspecified atom stereocenters. The van der Waals surface area contributed by atoms with E-state index in [1.807, 2.05) is 25.2 Å². The fourth-order valence-corrected chi connectivity index (χ4v) is 2.10. The Morgan fingerprint density at radius 1 is 1.35 bits per heavy atom. The summed E-state index contributed by atoms with van der Waals surface area (Å²) in [6.07, 6.45) is 1.87. The van der Waals surface area contributed by atoms with E-state index in [1.165, 1.54) is 5.56 Å². The van der Waals surface area contributed by atoms with Gasteiger partial charge in [0, 0.05) is 18.2 Å². The molecule has 0 amide bonds. The lowest BCUT2D eigenvalue weighted by Crippen LogP contribution is -2.37. The van der Waals surface area contributed by atoms with Crippen molar-refractivity contribution in [3.05, 3.63) is 34.9 Å². The first-order valence-corrected chi connectivity index (χ1v) is 6.32. The molecule has 0 aliphatic rings. The minimum Gasteiger partial charge on any atom is -0.379 e. The predicted molar refractivity (Wildman–Crippen MR) is 73.7 cm³/mol. The van der Waals surface area contributed by atoms with Crippen molar-refractivity contribution < 1.29 is 4.74 Å². The largest absolute Gasteiger partial charge is 0.379 e. The smallest absolute Gasteiger partial charge is 0.0637 e. The summed E-state index contributed by atoms with van der Waals surface area (Å²) in [5.41, 5.74) is 1.06. The molecule has 0 aromatic heterocycles. The van der Waals surface area contributed by atoms with Gasteiger partial charge >= 0.3 is 0 Å². The maximum atomic E-state index is 6.17. The standard InChI is InChI=1S/C14H22ClNO/c1-14(2,17-4)10-12(16-3)9-11-7-5-6-8-13(11)15/h5-8,12,16H,9-10H2,1-4H3. The summed E-state index contributed by atoms with van der Waals surface area (Å²) in [6.45, 7) is 4.20. The molecule has 0 bridgehead atoms. The van der Waals surface area contributed by atoms with Crippen molar-refractivity contribution in [2.75, 3.05) is 14.2 Å². The fraction of sp³-hybridized carbons (Fsp3) is 0.571. The number of rotatable bonds is 6. The first-order chi connectivity index (χ1) is 7.98. The Bertz CT molecular complexity index is 352. The third-order valence-electron chi connectivity index (χ3n) is 3.12. The first-order valence-electron chi connectivity index (χ1n) is 5.94. The van der Waals surface area contributed by atoms with Crippen LogP contribution >= 0.6 is 11.6 Å². The second-order valence-electron chi connectivity index (χ2n) is 4.95. The lowest BCUT2D eigenvalue weighted by molar-refractivity contribution is 0.00773. The lowest BCUT2D eigenvalue weighted by atomic mass is 9.94. The van der Waals surface area contributed by atoms with E-state index in [9.17, 15) is 0 Å². The fourth-order valence-electron chi connectivity index (χ4n) is 1.88. The van der Waals surface area contributed by atoms with E-state index < -0.39 is 0 Å². The molecule has 96 valence electrons. The number of nitrogens with one attached hydrogen (secondary N) is 1. The number of ether oxygens (including phenoxy) is 1. The zero-order chi connectivity index (χ0) is 12.9. The quantitative estimate of drug-likeness (QED) is 0.842. The molecule has 1 rings (SSSR count). The predicted octanol–water partition coefficient (Wildman–Crippen LogP) is 3.29. The average molecular weight is 256 g/mol. The van der Waals surface area contributed by atoms with Crippen molar-refractivity contribution in [1.82, 2.24) is 5.32 Å². The molecule has 0 spiro atoms. The van der Waals surface area contributed by atoms with Gasteiger partial charge in [0.05, 0.1) is 5.60 Å². The Labute approximate surface area is 109 Å². The lowest BCUT2D eigenvalue weighted by Gasteiger charge is -2.28. The second kappa shape index (κ2) is 6.39. The highest BCUT2D eigenvalue weighted by molar-refractivity contribution is 6.31. The Hall–Kier alpha value is -0.570. The summed E-state index contributed by atoms with van der Waals surface area (Å²) in [7, 11) is 3.73. The minimum absolute atomic E-state index is 0.116. The molecule has 0 radical (unpaired) electrons. The SMILES string of the molecule is CNC(Cc1ccccc1Cl)CC(C)(C)OC. The molecule has 0 saturated heterocycles. The van der Waals surface area contributed by atoms with Gasteiger partial charge in [0.1, 0.15) is 0 Å². The first kappa shape index (κ1) is 14.5. The molecule has 3 heteroatoms. The number of halogens is 1. The molecule has 0 heterocycles. The average Bonchev–Trinajstić information content (AvgIpc) is 2.31. The molecule has 17 heavy (non-hydrogen) atoms. The third-order valence-corrected chi connectivity index (χ3v) is 3.49. The van der Waals surface area contributed by atoms with Crippen LogP contribution in [0.15, 0.2) is 24.3 Å². The van der Waals surface area contributed by atoms with Gasteiger partial charge in [-0.2, -0.15) is 0 Å². The van der Waals surface area contributed by atoms with Crippen molar-refractivity contribution in [2.45, 2.75) is 38.3 Å². The van der Waals surface area contributed by atoms with Crippen molar-refractivity contribution in [3.63, 3.8) is 0 Å². The molecule has 2 nitrogen and oxygen atoms in total. The van der Waals surface area contributed by atoms with Crippen molar-refractivity contribution in [2.24, 2.45) is 0 Å². The van der Waals surface area contributed by atoms with Crippen LogP contribution in [0.4, 0.5) is 0 Å². The Morgan fingerprint density at radius 2 is 2.00 bits per heavy atom. The Kier molecular flexibility index (Phi) is 5.44. The molecule has 1 aromatic carbocycles. The Morgan fingerprint density at radius 3 is 2.53 bits per heavy atom. The van der Waals surface area contributed by atoms with Crippen LogP contribution in [0.1, 0.15) is 25.8 Å². The summed E-state index contributed by atoms with van der Waals surface area (Å²) < 4.78 is 5.46.